The van der Waals surface area contributed by atoms with E-state index in [1.807, 2.05) is 10.8 Å². The smallest absolute Gasteiger partial charge is 0.207 e. The zero-order valence-electron chi connectivity index (χ0n) is 11.1. The molecule has 1 N–H and O–H groups in total. The minimum atomic E-state index is 0.679. The number of methoxy groups -OCH3 is 1. The van der Waals surface area contributed by atoms with Gasteiger partial charge < -0.3 is 14.6 Å². The van der Waals surface area contributed by atoms with E-state index in [9.17, 15) is 0 Å². The first kappa shape index (κ1) is 12.6. The van der Waals surface area contributed by atoms with Gasteiger partial charge in [-0.1, -0.05) is 6.07 Å². The molecule has 1 heterocycles. The summed E-state index contributed by atoms with van der Waals surface area (Å²) in [6, 6.07) is 6.31. The number of benzene rings is 1. The Kier molecular flexibility index (Phi) is 3.99. The summed E-state index contributed by atoms with van der Waals surface area (Å²) in [7, 11) is 1.70. The van der Waals surface area contributed by atoms with Crippen LogP contribution in [-0.4, -0.2) is 23.3 Å². The molecular weight excluding hydrogens is 226 g/mol. The average molecular weight is 245 g/mol. The summed E-state index contributed by atoms with van der Waals surface area (Å²) in [5.41, 5.74) is 3.63. The molecule has 0 aliphatic carbocycles. The number of nitrogens with zero attached hydrogens (tertiary/aromatic N) is 2. The van der Waals surface area contributed by atoms with Crippen LogP contribution in [0.5, 0.6) is 0 Å². The third-order valence-electron chi connectivity index (χ3n) is 3.01. The molecule has 4 heteroatoms. The van der Waals surface area contributed by atoms with Crippen molar-refractivity contribution < 1.29 is 4.74 Å². The number of rotatable bonds is 5. The molecule has 0 unspecified atom stereocenters. The second kappa shape index (κ2) is 5.69. The van der Waals surface area contributed by atoms with Gasteiger partial charge in [-0.05, 0) is 37.1 Å². The summed E-state index contributed by atoms with van der Waals surface area (Å²) >= 11 is 0. The quantitative estimate of drug-likeness (QED) is 0.880. The highest BCUT2D eigenvalue weighted by Gasteiger charge is 2.03. The highest BCUT2D eigenvalue weighted by atomic mass is 16.5. The molecule has 0 saturated heterocycles. The van der Waals surface area contributed by atoms with E-state index < -0.39 is 0 Å². The van der Waals surface area contributed by atoms with Crippen LogP contribution >= 0.6 is 0 Å². The van der Waals surface area contributed by atoms with Gasteiger partial charge in [0.25, 0.3) is 0 Å². The molecule has 0 bridgehead atoms. The Morgan fingerprint density at radius 1 is 1.28 bits per heavy atom. The molecule has 2 aromatic rings. The van der Waals surface area contributed by atoms with Gasteiger partial charge in [0.05, 0.1) is 6.61 Å². The van der Waals surface area contributed by atoms with Gasteiger partial charge in [0.1, 0.15) is 0 Å². The molecule has 0 saturated carbocycles. The van der Waals surface area contributed by atoms with E-state index in [0.29, 0.717) is 6.61 Å². The van der Waals surface area contributed by atoms with Crippen molar-refractivity contribution in [2.75, 3.05) is 19.0 Å². The first-order valence-electron chi connectivity index (χ1n) is 6.05. The lowest BCUT2D eigenvalue weighted by Gasteiger charge is -2.10. The van der Waals surface area contributed by atoms with Crippen molar-refractivity contribution in [2.45, 2.75) is 20.4 Å². The monoisotopic (exact) mass is 245 g/mol. The molecule has 4 nitrogen and oxygen atoms in total. The minimum absolute atomic E-state index is 0.679. The number of hydrogen-bond donors (Lipinski definition) is 1. The summed E-state index contributed by atoms with van der Waals surface area (Å²) in [6.45, 7) is 5.69. The van der Waals surface area contributed by atoms with Crippen LogP contribution in [0.3, 0.4) is 0 Å². The summed E-state index contributed by atoms with van der Waals surface area (Å²) in [4.78, 5) is 4.31. The number of nitrogens with one attached hydrogen (secondary N) is 1. The molecule has 1 aromatic heterocycles. The van der Waals surface area contributed by atoms with Crippen LogP contribution in [0.25, 0.3) is 0 Å². The Hall–Kier alpha value is -1.81. The highest BCUT2D eigenvalue weighted by molar-refractivity contribution is 5.55. The van der Waals surface area contributed by atoms with Crippen molar-refractivity contribution in [3.8, 4) is 0 Å². The Bertz CT molecular complexity index is 520. The van der Waals surface area contributed by atoms with E-state index in [0.717, 1.165) is 18.2 Å². The molecule has 2 rings (SSSR count). The first-order chi connectivity index (χ1) is 8.70. The molecule has 0 fully saturated rings. The third-order valence-corrected chi connectivity index (χ3v) is 3.01. The molecular formula is C14H19N3O. The normalized spacial score (nSPS) is 10.6. The molecule has 0 amide bonds. The lowest BCUT2D eigenvalue weighted by Crippen LogP contribution is -2.07. The van der Waals surface area contributed by atoms with Crippen molar-refractivity contribution >= 4 is 11.6 Å². The topological polar surface area (TPSA) is 39.1 Å². The third kappa shape index (κ3) is 2.90. The largest absolute Gasteiger partial charge is 0.383 e. The van der Waals surface area contributed by atoms with Gasteiger partial charge >= 0.3 is 0 Å². The number of anilines is 2. The van der Waals surface area contributed by atoms with E-state index in [1.54, 1.807) is 13.3 Å². The van der Waals surface area contributed by atoms with Crippen LogP contribution in [0.2, 0.25) is 0 Å². The van der Waals surface area contributed by atoms with Crippen molar-refractivity contribution in [2.24, 2.45) is 0 Å². The van der Waals surface area contributed by atoms with Gasteiger partial charge in [0.2, 0.25) is 5.95 Å². The fourth-order valence-electron chi connectivity index (χ4n) is 1.75. The number of hydrogen-bond acceptors (Lipinski definition) is 3. The highest BCUT2D eigenvalue weighted by Crippen LogP contribution is 2.18. The number of ether oxygens (including phenoxy) is 1. The van der Waals surface area contributed by atoms with Crippen molar-refractivity contribution in [3.05, 3.63) is 41.7 Å². The van der Waals surface area contributed by atoms with E-state index in [2.05, 4.69) is 42.3 Å². The zero-order chi connectivity index (χ0) is 13.0. The average Bonchev–Trinajstić information content (AvgIpc) is 2.79. The predicted molar refractivity (Wildman–Crippen MR) is 73.3 cm³/mol. The number of imidazole rings is 1. The second-order valence-electron chi connectivity index (χ2n) is 4.36. The van der Waals surface area contributed by atoms with Crippen LogP contribution in [0, 0.1) is 13.8 Å². The predicted octanol–water partition coefficient (Wildman–Crippen LogP) is 2.89. The Balaban J connectivity index is 2.13. The fourth-order valence-corrected chi connectivity index (χ4v) is 1.75. The van der Waals surface area contributed by atoms with Gasteiger partial charge in [-0.2, -0.15) is 0 Å². The fraction of sp³-hybridized carbons (Fsp3) is 0.357. The van der Waals surface area contributed by atoms with Gasteiger partial charge in [-0.3, -0.25) is 0 Å². The summed E-state index contributed by atoms with van der Waals surface area (Å²) in [5, 5.41) is 3.33. The maximum absolute atomic E-state index is 5.08. The molecule has 96 valence electrons. The second-order valence-corrected chi connectivity index (χ2v) is 4.36. The van der Waals surface area contributed by atoms with Crippen LogP contribution < -0.4 is 5.32 Å². The zero-order valence-corrected chi connectivity index (χ0v) is 11.1. The Labute approximate surface area is 108 Å². The first-order valence-corrected chi connectivity index (χ1v) is 6.05. The van der Waals surface area contributed by atoms with Gasteiger partial charge in [-0.25, -0.2) is 4.98 Å². The number of aromatic nitrogens is 2. The lowest BCUT2D eigenvalue weighted by atomic mass is 10.1. The summed E-state index contributed by atoms with van der Waals surface area (Å²) in [6.07, 6.45) is 3.74. The van der Waals surface area contributed by atoms with Crippen molar-refractivity contribution in [1.82, 2.24) is 9.55 Å². The SMILES string of the molecule is COCCn1ccnc1Nc1ccc(C)c(C)c1. The van der Waals surface area contributed by atoms with Gasteiger partial charge in [0, 0.05) is 31.7 Å². The Morgan fingerprint density at radius 2 is 2.11 bits per heavy atom. The van der Waals surface area contributed by atoms with Crippen LogP contribution in [-0.2, 0) is 11.3 Å². The molecule has 0 spiro atoms. The molecule has 0 radical (unpaired) electrons. The molecule has 0 aliphatic rings. The van der Waals surface area contributed by atoms with Gasteiger partial charge in [0.15, 0.2) is 0 Å². The molecule has 0 atom stereocenters. The minimum Gasteiger partial charge on any atom is -0.383 e. The van der Waals surface area contributed by atoms with Gasteiger partial charge in [-0.15, -0.1) is 0 Å². The standard InChI is InChI=1S/C14H19N3O/c1-11-4-5-13(10-12(11)2)16-14-15-6-7-17(14)8-9-18-3/h4-7,10H,8-9H2,1-3H3,(H,15,16). The van der Waals surface area contributed by atoms with Crippen LogP contribution in [0.15, 0.2) is 30.6 Å². The molecule has 18 heavy (non-hydrogen) atoms. The van der Waals surface area contributed by atoms with E-state index in [1.165, 1.54) is 11.1 Å². The van der Waals surface area contributed by atoms with E-state index >= 15 is 0 Å². The Morgan fingerprint density at radius 3 is 2.83 bits per heavy atom. The molecule has 1 aromatic carbocycles. The summed E-state index contributed by atoms with van der Waals surface area (Å²) < 4.78 is 7.12. The lowest BCUT2D eigenvalue weighted by molar-refractivity contribution is 0.188. The maximum Gasteiger partial charge on any atom is 0.207 e. The van der Waals surface area contributed by atoms with E-state index in [4.69, 9.17) is 4.74 Å². The van der Waals surface area contributed by atoms with Crippen molar-refractivity contribution in [1.29, 1.82) is 0 Å². The van der Waals surface area contributed by atoms with Crippen molar-refractivity contribution in [3.63, 3.8) is 0 Å². The van der Waals surface area contributed by atoms with Crippen LogP contribution in [0.1, 0.15) is 11.1 Å². The van der Waals surface area contributed by atoms with E-state index in [-0.39, 0.29) is 0 Å². The molecule has 0 aliphatic heterocycles. The van der Waals surface area contributed by atoms with Crippen LogP contribution in [0.4, 0.5) is 11.6 Å². The number of aryl methyl sites for hydroxylation is 2. The summed E-state index contributed by atoms with van der Waals surface area (Å²) in [5.74, 6) is 0.843. The maximum atomic E-state index is 5.08.